The molecule has 0 spiro atoms. The summed E-state index contributed by atoms with van der Waals surface area (Å²) in [7, 11) is 1.67. The number of ether oxygens (including phenoxy) is 1. The van der Waals surface area contributed by atoms with E-state index in [0.29, 0.717) is 6.54 Å². The van der Waals surface area contributed by atoms with Gasteiger partial charge in [-0.05, 0) is 65.3 Å². The topological polar surface area (TPSA) is 29.5 Å². The Kier molecular flexibility index (Phi) is 6.18. The molecule has 1 amide bonds. The summed E-state index contributed by atoms with van der Waals surface area (Å²) in [5.74, 6) is 0.908. The average molecular weight is 448 g/mol. The summed E-state index contributed by atoms with van der Waals surface area (Å²) >= 11 is 0. The number of carbonyl (C=O) groups is 1. The number of hydrogen-bond donors (Lipinski definition) is 0. The van der Waals surface area contributed by atoms with Crippen molar-refractivity contribution in [3.8, 4) is 16.9 Å². The molecule has 4 aromatic carbocycles. The molecule has 3 nitrogen and oxygen atoms in total. The molecule has 0 saturated carbocycles. The monoisotopic (exact) mass is 447 g/mol. The Labute approximate surface area is 201 Å². The minimum atomic E-state index is 0.0885. The van der Waals surface area contributed by atoms with Crippen LogP contribution < -0.4 is 4.74 Å². The van der Waals surface area contributed by atoms with Crippen LogP contribution in [0, 0.1) is 6.92 Å². The van der Waals surface area contributed by atoms with E-state index in [1.165, 1.54) is 11.1 Å². The number of amides is 1. The molecule has 1 aliphatic rings. The molecule has 5 rings (SSSR count). The number of hydrogen-bond acceptors (Lipinski definition) is 2. The van der Waals surface area contributed by atoms with E-state index in [4.69, 9.17) is 4.74 Å². The average Bonchev–Trinajstić information content (AvgIpc) is 3.31. The van der Waals surface area contributed by atoms with Gasteiger partial charge >= 0.3 is 0 Å². The standard InChI is InChI=1S/C31H29NO2/c1-22-9-8-14-29(24-10-4-3-5-11-24)30(22)31(33)32(21-23-15-17-28(34-2)18-16-23)27-19-25-12-6-7-13-26(25)20-27/h3-18,27H,19-21H2,1-2H3. The van der Waals surface area contributed by atoms with Crippen molar-refractivity contribution in [1.82, 2.24) is 4.90 Å². The van der Waals surface area contributed by atoms with Gasteiger partial charge in [0.15, 0.2) is 0 Å². The summed E-state index contributed by atoms with van der Waals surface area (Å²) in [4.78, 5) is 16.4. The minimum Gasteiger partial charge on any atom is -0.497 e. The second kappa shape index (κ2) is 9.56. The first-order valence-electron chi connectivity index (χ1n) is 11.8. The Bertz CT molecular complexity index is 1270. The Hall–Kier alpha value is -3.85. The maximum absolute atomic E-state index is 14.3. The van der Waals surface area contributed by atoms with E-state index in [2.05, 4.69) is 59.5 Å². The van der Waals surface area contributed by atoms with Gasteiger partial charge in [0, 0.05) is 12.6 Å². The number of aryl methyl sites for hydroxylation is 1. The van der Waals surface area contributed by atoms with E-state index in [-0.39, 0.29) is 11.9 Å². The molecular weight excluding hydrogens is 418 g/mol. The zero-order valence-corrected chi connectivity index (χ0v) is 19.7. The van der Waals surface area contributed by atoms with Crippen LogP contribution in [0.5, 0.6) is 5.75 Å². The van der Waals surface area contributed by atoms with Crippen molar-refractivity contribution < 1.29 is 9.53 Å². The lowest BCUT2D eigenvalue weighted by Gasteiger charge is -2.31. The number of benzene rings is 4. The molecule has 34 heavy (non-hydrogen) atoms. The molecule has 0 N–H and O–H groups in total. The first-order chi connectivity index (χ1) is 16.6. The van der Waals surface area contributed by atoms with Crippen molar-refractivity contribution in [2.45, 2.75) is 32.4 Å². The molecule has 3 heteroatoms. The molecular formula is C31H29NO2. The van der Waals surface area contributed by atoms with Crippen molar-refractivity contribution in [3.05, 3.63) is 125 Å². The summed E-state index contributed by atoms with van der Waals surface area (Å²) in [5, 5.41) is 0. The van der Waals surface area contributed by atoms with Crippen LogP contribution in [0.15, 0.2) is 97.1 Å². The minimum absolute atomic E-state index is 0.0885. The normalized spacial score (nSPS) is 12.9. The molecule has 0 atom stereocenters. The molecule has 0 aromatic heterocycles. The zero-order chi connectivity index (χ0) is 23.5. The Morgan fingerprint density at radius 1 is 0.824 bits per heavy atom. The lowest BCUT2D eigenvalue weighted by atomic mass is 9.94. The van der Waals surface area contributed by atoms with Crippen molar-refractivity contribution in [2.75, 3.05) is 7.11 Å². The Balaban J connectivity index is 1.55. The van der Waals surface area contributed by atoms with Gasteiger partial charge in [-0.2, -0.15) is 0 Å². The van der Waals surface area contributed by atoms with Gasteiger partial charge < -0.3 is 9.64 Å². The molecule has 0 heterocycles. The summed E-state index contributed by atoms with van der Waals surface area (Å²) in [5.41, 5.74) is 7.62. The smallest absolute Gasteiger partial charge is 0.255 e. The van der Waals surface area contributed by atoms with Crippen LogP contribution in [0.4, 0.5) is 0 Å². The van der Waals surface area contributed by atoms with Gasteiger partial charge in [0.1, 0.15) is 5.75 Å². The Morgan fingerprint density at radius 2 is 1.47 bits per heavy atom. The summed E-state index contributed by atoms with van der Waals surface area (Å²) in [6.45, 7) is 2.60. The first kappa shape index (κ1) is 22.0. The van der Waals surface area contributed by atoms with Crippen LogP contribution in [-0.2, 0) is 19.4 Å². The largest absolute Gasteiger partial charge is 0.497 e. The highest BCUT2D eigenvalue weighted by Crippen LogP contribution is 2.32. The van der Waals surface area contributed by atoms with E-state index >= 15 is 0 Å². The van der Waals surface area contributed by atoms with E-state index < -0.39 is 0 Å². The van der Waals surface area contributed by atoms with Crippen LogP contribution in [-0.4, -0.2) is 24.0 Å². The number of carbonyl (C=O) groups excluding carboxylic acids is 1. The van der Waals surface area contributed by atoms with Crippen LogP contribution in [0.25, 0.3) is 11.1 Å². The van der Waals surface area contributed by atoms with Gasteiger partial charge in [-0.25, -0.2) is 0 Å². The van der Waals surface area contributed by atoms with Crippen LogP contribution in [0.3, 0.4) is 0 Å². The highest BCUT2D eigenvalue weighted by molar-refractivity contribution is 6.02. The molecule has 0 radical (unpaired) electrons. The number of methoxy groups -OCH3 is 1. The second-order valence-electron chi connectivity index (χ2n) is 8.98. The van der Waals surface area contributed by atoms with Gasteiger partial charge in [0.25, 0.3) is 5.91 Å². The van der Waals surface area contributed by atoms with Gasteiger partial charge in [-0.15, -0.1) is 0 Å². The SMILES string of the molecule is COc1ccc(CN(C(=O)c2c(C)cccc2-c2ccccc2)C2Cc3ccccc3C2)cc1. The van der Waals surface area contributed by atoms with Gasteiger partial charge in [0.2, 0.25) is 0 Å². The second-order valence-corrected chi connectivity index (χ2v) is 8.98. The zero-order valence-electron chi connectivity index (χ0n) is 19.7. The maximum Gasteiger partial charge on any atom is 0.255 e. The molecule has 0 saturated heterocycles. The quantitative estimate of drug-likeness (QED) is 0.339. The molecule has 0 fully saturated rings. The third-order valence-electron chi connectivity index (χ3n) is 6.81. The Morgan fingerprint density at radius 3 is 2.12 bits per heavy atom. The van der Waals surface area contributed by atoms with Crippen molar-refractivity contribution in [3.63, 3.8) is 0 Å². The van der Waals surface area contributed by atoms with Crippen molar-refractivity contribution in [2.24, 2.45) is 0 Å². The lowest BCUT2D eigenvalue weighted by molar-refractivity contribution is 0.0668. The number of nitrogens with zero attached hydrogens (tertiary/aromatic N) is 1. The fourth-order valence-corrected chi connectivity index (χ4v) is 5.00. The van der Waals surface area contributed by atoms with Gasteiger partial charge in [-0.1, -0.05) is 84.9 Å². The van der Waals surface area contributed by atoms with E-state index in [0.717, 1.165) is 46.4 Å². The highest BCUT2D eigenvalue weighted by Gasteiger charge is 2.32. The molecule has 4 aromatic rings. The van der Waals surface area contributed by atoms with Gasteiger partial charge in [0.05, 0.1) is 12.7 Å². The summed E-state index contributed by atoms with van der Waals surface area (Å²) in [6, 6.07) is 33.0. The lowest BCUT2D eigenvalue weighted by Crippen LogP contribution is -2.41. The summed E-state index contributed by atoms with van der Waals surface area (Å²) in [6.07, 6.45) is 1.76. The molecule has 0 bridgehead atoms. The van der Waals surface area contributed by atoms with Gasteiger partial charge in [-0.3, -0.25) is 4.79 Å². The maximum atomic E-state index is 14.3. The fraction of sp³-hybridized carbons (Fsp3) is 0.194. The first-order valence-corrected chi connectivity index (χ1v) is 11.8. The third-order valence-corrected chi connectivity index (χ3v) is 6.81. The number of rotatable bonds is 6. The molecule has 170 valence electrons. The van der Waals surface area contributed by atoms with Crippen molar-refractivity contribution >= 4 is 5.91 Å². The predicted octanol–water partition coefficient (Wildman–Crippen LogP) is 6.48. The van der Waals surface area contributed by atoms with Crippen LogP contribution >= 0.6 is 0 Å². The molecule has 1 aliphatic carbocycles. The highest BCUT2D eigenvalue weighted by atomic mass is 16.5. The van der Waals surface area contributed by atoms with E-state index in [1.807, 2.05) is 49.4 Å². The van der Waals surface area contributed by atoms with E-state index in [1.54, 1.807) is 7.11 Å². The molecule has 0 aliphatic heterocycles. The van der Waals surface area contributed by atoms with Crippen molar-refractivity contribution in [1.29, 1.82) is 0 Å². The van der Waals surface area contributed by atoms with Crippen LogP contribution in [0.2, 0.25) is 0 Å². The predicted molar refractivity (Wildman–Crippen MR) is 137 cm³/mol. The molecule has 0 unspecified atom stereocenters. The fourth-order valence-electron chi connectivity index (χ4n) is 5.00. The third kappa shape index (κ3) is 4.34. The van der Waals surface area contributed by atoms with Crippen LogP contribution in [0.1, 0.15) is 32.6 Å². The number of fused-ring (bicyclic) bond motifs is 1. The summed E-state index contributed by atoms with van der Waals surface area (Å²) < 4.78 is 5.33. The van der Waals surface area contributed by atoms with E-state index in [9.17, 15) is 4.79 Å².